The number of hydrogen-bond donors (Lipinski definition) is 2. The average Bonchev–Trinajstić information content (AvgIpc) is 2.47. The number of carbonyl (C=O) groups excluding carboxylic acids is 1. The number of piperidine rings is 1. The number of hydrogen-bond acceptors (Lipinski definition) is 4. The van der Waals surface area contributed by atoms with Crippen molar-refractivity contribution in [3.8, 4) is 5.75 Å². The zero-order valence-corrected chi connectivity index (χ0v) is 13.1. The van der Waals surface area contributed by atoms with Crippen LogP contribution in [0.3, 0.4) is 0 Å². The fraction of sp³-hybridized carbons (Fsp3) is 0.562. The molecule has 1 heterocycles. The molecule has 1 aromatic rings. The van der Waals surface area contributed by atoms with Crippen molar-refractivity contribution in [3.05, 3.63) is 23.8 Å². The molecule has 0 spiro atoms. The van der Waals surface area contributed by atoms with Crippen LogP contribution in [0.2, 0.25) is 0 Å². The first kappa shape index (κ1) is 15.6. The van der Waals surface area contributed by atoms with Crippen LogP contribution < -0.4 is 15.8 Å². The van der Waals surface area contributed by atoms with E-state index in [2.05, 4.69) is 24.1 Å². The lowest BCUT2D eigenvalue weighted by Crippen LogP contribution is -2.46. The molecule has 1 fully saturated rings. The van der Waals surface area contributed by atoms with Crippen molar-refractivity contribution in [1.29, 1.82) is 0 Å². The minimum atomic E-state index is -0.0881. The van der Waals surface area contributed by atoms with E-state index in [-0.39, 0.29) is 11.9 Å². The van der Waals surface area contributed by atoms with Crippen LogP contribution in [0, 0.1) is 0 Å². The third kappa shape index (κ3) is 3.88. The number of methoxy groups -OCH3 is 1. The van der Waals surface area contributed by atoms with E-state index in [0.29, 0.717) is 23.0 Å². The predicted octanol–water partition coefficient (Wildman–Crippen LogP) is 1.88. The van der Waals surface area contributed by atoms with Gasteiger partial charge in [-0.1, -0.05) is 0 Å². The summed E-state index contributed by atoms with van der Waals surface area (Å²) in [5, 5.41) is 3.10. The van der Waals surface area contributed by atoms with Crippen LogP contribution in [0.1, 0.15) is 37.0 Å². The van der Waals surface area contributed by atoms with Crippen LogP contribution in [-0.4, -0.2) is 43.1 Å². The van der Waals surface area contributed by atoms with Crippen molar-refractivity contribution in [3.63, 3.8) is 0 Å². The molecule has 0 saturated carbocycles. The first-order chi connectivity index (χ1) is 10.0. The number of amides is 1. The third-order valence-corrected chi connectivity index (χ3v) is 4.07. The summed E-state index contributed by atoms with van der Waals surface area (Å²) >= 11 is 0. The second kappa shape index (κ2) is 6.80. The lowest BCUT2D eigenvalue weighted by atomic mass is 10.0. The lowest BCUT2D eigenvalue weighted by molar-refractivity contribution is 0.0898. The van der Waals surface area contributed by atoms with Crippen LogP contribution in [-0.2, 0) is 0 Å². The summed E-state index contributed by atoms with van der Waals surface area (Å²) in [6.45, 7) is 6.47. The van der Waals surface area contributed by atoms with Gasteiger partial charge in [-0.2, -0.15) is 0 Å². The fourth-order valence-corrected chi connectivity index (χ4v) is 2.72. The topological polar surface area (TPSA) is 67.6 Å². The number of nitrogens with one attached hydrogen (secondary N) is 1. The molecule has 1 aliphatic heterocycles. The normalized spacial score (nSPS) is 17.0. The maximum atomic E-state index is 12.4. The van der Waals surface area contributed by atoms with Gasteiger partial charge in [0.15, 0.2) is 0 Å². The second-order valence-corrected chi connectivity index (χ2v) is 5.84. The lowest BCUT2D eigenvalue weighted by Gasteiger charge is -2.34. The van der Waals surface area contributed by atoms with Crippen LogP contribution in [0.4, 0.5) is 5.69 Å². The smallest absolute Gasteiger partial charge is 0.255 e. The van der Waals surface area contributed by atoms with E-state index in [0.717, 1.165) is 25.9 Å². The van der Waals surface area contributed by atoms with E-state index in [1.54, 1.807) is 25.3 Å². The summed E-state index contributed by atoms with van der Waals surface area (Å²) in [6.07, 6.45) is 1.97. The molecule has 116 valence electrons. The van der Waals surface area contributed by atoms with E-state index < -0.39 is 0 Å². The molecule has 1 amide bonds. The molecule has 3 N–H and O–H groups in total. The van der Waals surface area contributed by atoms with Gasteiger partial charge in [0.2, 0.25) is 0 Å². The summed E-state index contributed by atoms with van der Waals surface area (Å²) in [5.74, 6) is 0.432. The van der Waals surface area contributed by atoms with E-state index in [9.17, 15) is 4.79 Å². The van der Waals surface area contributed by atoms with Gasteiger partial charge < -0.3 is 20.7 Å². The zero-order valence-electron chi connectivity index (χ0n) is 13.1. The summed E-state index contributed by atoms with van der Waals surface area (Å²) in [6, 6.07) is 5.91. The van der Waals surface area contributed by atoms with Crippen LogP contribution in [0.15, 0.2) is 18.2 Å². The number of likely N-dealkylation sites (tertiary alicyclic amines) is 1. The highest BCUT2D eigenvalue weighted by molar-refractivity contribution is 5.97. The van der Waals surface area contributed by atoms with Crippen molar-refractivity contribution in [2.24, 2.45) is 0 Å². The molecule has 5 heteroatoms. The Bertz CT molecular complexity index is 494. The molecule has 5 nitrogen and oxygen atoms in total. The van der Waals surface area contributed by atoms with Crippen molar-refractivity contribution < 1.29 is 9.53 Å². The maximum absolute atomic E-state index is 12.4. The van der Waals surface area contributed by atoms with Gasteiger partial charge in [0.05, 0.1) is 12.7 Å². The molecule has 0 atom stereocenters. The number of anilines is 1. The van der Waals surface area contributed by atoms with E-state index in [1.165, 1.54) is 0 Å². The van der Waals surface area contributed by atoms with Gasteiger partial charge in [-0.05, 0) is 38.8 Å². The number of nitrogens with two attached hydrogens (primary N) is 1. The van der Waals surface area contributed by atoms with Crippen LogP contribution in [0.5, 0.6) is 5.75 Å². The van der Waals surface area contributed by atoms with Gasteiger partial charge in [-0.15, -0.1) is 0 Å². The molecule has 21 heavy (non-hydrogen) atoms. The number of carbonyl (C=O) groups is 1. The summed E-state index contributed by atoms with van der Waals surface area (Å²) in [4.78, 5) is 14.8. The standard InChI is InChI=1S/C16H25N3O2/c1-11(2)19-8-6-13(7-9-19)18-16(20)14-5-4-12(17)10-15(14)21-3/h4-5,10-11,13H,6-9,17H2,1-3H3,(H,18,20). The summed E-state index contributed by atoms with van der Waals surface area (Å²) in [7, 11) is 1.55. The quantitative estimate of drug-likeness (QED) is 0.831. The molecule has 0 unspecified atom stereocenters. The monoisotopic (exact) mass is 291 g/mol. The Balaban J connectivity index is 1.96. The number of benzene rings is 1. The van der Waals surface area contributed by atoms with E-state index in [4.69, 9.17) is 10.5 Å². The molecular formula is C16H25N3O2. The Labute approximate surface area is 126 Å². The van der Waals surface area contributed by atoms with Gasteiger partial charge in [0, 0.05) is 36.9 Å². The molecule has 0 aliphatic carbocycles. The molecular weight excluding hydrogens is 266 g/mol. The SMILES string of the molecule is COc1cc(N)ccc1C(=O)NC1CCN(C(C)C)CC1. The first-order valence-electron chi connectivity index (χ1n) is 7.49. The average molecular weight is 291 g/mol. The largest absolute Gasteiger partial charge is 0.496 e. The predicted molar refractivity (Wildman–Crippen MR) is 84.6 cm³/mol. The maximum Gasteiger partial charge on any atom is 0.255 e. The van der Waals surface area contributed by atoms with Crippen LogP contribution in [0.25, 0.3) is 0 Å². The Hall–Kier alpha value is -1.75. The Morgan fingerprint density at radius 3 is 2.62 bits per heavy atom. The van der Waals surface area contributed by atoms with Crippen molar-refractivity contribution in [1.82, 2.24) is 10.2 Å². The molecule has 0 aromatic heterocycles. The number of nitrogens with zero attached hydrogens (tertiary/aromatic N) is 1. The molecule has 0 radical (unpaired) electrons. The third-order valence-electron chi connectivity index (χ3n) is 4.07. The fourth-order valence-electron chi connectivity index (χ4n) is 2.72. The Morgan fingerprint density at radius 2 is 2.05 bits per heavy atom. The molecule has 0 bridgehead atoms. The molecule has 1 aliphatic rings. The minimum absolute atomic E-state index is 0.0881. The van der Waals surface area contributed by atoms with Gasteiger partial charge in [0.1, 0.15) is 5.75 Å². The first-order valence-corrected chi connectivity index (χ1v) is 7.49. The van der Waals surface area contributed by atoms with Crippen molar-refractivity contribution in [2.45, 2.75) is 38.8 Å². The number of ether oxygens (including phenoxy) is 1. The number of rotatable bonds is 4. The Kier molecular flexibility index (Phi) is 5.07. The minimum Gasteiger partial charge on any atom is -0.496 e. The van der Waals surface area contributed by atoms with E-state index >= 15 is 0 Å². The van der Waals surface area contributed by atoms with Crippen molar-refractivity contribution >= 4 is 11.6 Å². The van der Waals surface area contributed by atoms with Crippen molar-refractivity contribution in [2.75, 3.05) is 25.9 Å². The van der Waals surface area contributed by atoms with Gasteiger partial charge >= 0.3 is 0 Å². The van der Waals surface area contributed by atoms with Crippen LogP contribution >= 0.6 is 0 Å². The highest BCUT2D eigenvalue weighted by Crippen LogP contribution is 2.22. The molecule has 2 rings (SSSR count). The summed E-state index contributed by atoms with van der Waals surface area (Å²) in [5.41, 5.74) is 6.84. The summed E-state index contributed by atoms with van der Waals surface area (Å²) < 4.78 is 5.24. The van der Waals surface area contributed by atoms with E-state index in [1.807, 2.05) is 0 Å². The van der Waals surface area contributed by atoms with Gasteiger partial charge in [0.25, 0.3) is 5.91 Å². The zero-order chi connectivity index (χ0) is 15.4. The highest BCUT2D eigenvalue weighted by Gasteiger charge is 2.23. The molecule has 1 aromatic carbocycles. The van der Waals surface area contributed by atoms with Gasteiger partial charge in [-0.3, -0.25) is 4.79 Å². The Morgan fingerprint density at radius 1 is 1.38 bits per heavy atom. The highest BCUT2D eigenvalue weighted by atomic mass is 16.5. The number of nitrogen functional groups attached to an aromatic ring is 1. The van der Waals surface area contributed by atoms with Gasteiger partial charge in [-0.25, -0.2) is 0 Å². The molecule has 1 saturated heterocycles. The second-order valence-electron chi connectivity index (χ2n) is 5.84.